The number of carbonyl (C=O) groups is 2. The molecule has 25 heavy (non-hydrogen) atoms. The van der Waals surface area contributed by atoms with Crippen molar-refractivity contribution in [1.29, 1.82) is 0 Å². The van der Waals surface area contributed by atoms with Gasteiger partial charge < -0.3 is 9.30 Å². The second-order valence-corrected chi connectivity index (χ2v) is 9.12. The highest BCUT2D eigenvalue weighted by Gasteiger charge is 2.21. The van der Waals surface area contributed by atoms with Crippen LogP contribution in [0, 0.1) is 0 Å². The first kappa shape index (κ1) is 20.0. The van der Waals surface area contributed by atoms with Gasteiger partial charge in [-0.3, -0.25) is 9.59 Å². The second kappa shape index (κ2) is 8.35. The molecule has 0 aliphatic carbocycles. The first-order valence-corrected chi connectivity index (χ1v) is 10.7. The van der Waals surface area contributed by atoms with Gasteiger partial charge in [-0.25, -0.2) is 8.42 Å². The zero-order valence-corrected chi connectivity index (χ0v) is 16.9. The van der Waals surface area contributed by atoms with Crippen molar-refractivity contribution in [3.8, 4) is 0 Å². The number of benzene rings is 1. The molecule has 0 saturated carbocycles. The Morgan fingerprint density at radius 3 is 2.72 bits per heavy atom. The summed E-state index contributed by atoms with van der Waals surface area (Å²) in [5.41, 5.74) is 0.869. The maximum Gasteiger partial charge on any atom is 0.264 e. The van der Waals surface area contributed by atoms with Crippen molar-refractivity contribution < 1.29 is 22.7 Å². The van der Waals surface area contributed by atoms with Gasteiger partial charge in [-0.1, -0.05) is 27.3 Å². The van der Waals surface area contributed by atoms with Gasteiger partial charge in [0.05, 0.1) is 16.8 Å². The lowest BCUT2D eigenvalue weighted by atomic mass is 10.3. The molecule has 0 aliphatic heterocycles. The van der Waals surface area contributed by atoms with E-state index in [0.29, 0.717) is 24.6 Å². The molecule has 0 N–H and O–H groups in total. The molecule has 0 bridgehead atoms. The van der Waals surface area contributed by atoms with E-state index >= 15 is 0 Å². The summed E-state index contributed by atoms with van der Waals surface area (Å²) in [5, 5.41) is -1.04. The molecule has 0 fully saturated rings. The molecule has 0 aliphatic rings. The SMILES string of the molecule is CCOCCn1c(=NC(=O)CS(=O)(=O)C(C)=O)sc2cc(Br)ccc21. The van der Waals surface area contributed by atoms with Crippen LogP contribution in [0.25, 0.3) is 10.2 Å². The molecule has 10 heteroatoms. The Kier molecular flexibility index (Phi) is 6.66. The van der Waals surface area contributed by atoms with Crippen LogP contribution in [0.4, 0.5) is 0 Å². The quantitative estimate of drug-likeness (QED) is 0.628. The number of sulfone groups is 1. The number of carbonyl (C=O) groups excluding carboxylic acids is 2. The monoisotopic (exact) mass is 448 g/mol. The summed E-state index contributed by atoms with van der Waals surface area (Å²) >= 11 is 4.66. The predicted octanol–water partition coefficient (Wildman–Crippen LogP) is 1.89. The molecule has 1 amide bonds. The number of aromatic nitrogens is 1. The smallest absolute Gasteiger partial charge is 0.264 e. The largest absolute Gasteiger partial charge is 0.380 e. The van der Waals surface area contributed by atoms with Crippen LogP contribution in [-0.4, -0.2) is 43.0 Å². The van der Waals surface area contributed by atoms with Crippen LogP contribution < -0.4 is 4.80 Å². The van der Waals surface area contributed by atoms with Gasteiger partial charge in [0.1, 0.15) is 5.75 Å². The van der Waals surface area contributed by atoms with E-state index < -0.39 is 26.6 Å². The summed E-state index contributed by atoms with van der Waals surface area (Å²) in [6.45, 7) is 4.28. The molecule has 7 nitrogen and oxygen atoms in total. The highest BCUT2D eigenvalue weighted by molar-refractivity contribution is 9.10. The number of hydrogen-bond donors (Lipinski definition) is 0. The lowest BCUT2D eigenvalue weighted by Crippen LogP contribution is -2.24. The minimum absolute atomic E-state index is 0.372. The van der Waals surface area contributed by atoms with Gasteiger partial charge in [-0.15, -0.1) is 0 Å². The molecule has 136 valence electrons. The van der Waals surface area contributed by atoms with Crippen molar-refractivity contribution in [2.75, 3.05) is 19.0 Å². The van der Waals surface area contributed by atoms with Crippen molar-refractivity contribution >= 4 is 58.3 Å². The second-order valence-electron chi connectivity index (χ2n) is 5.10. The Hall–Kier alpha value is -1.36. The third kappa shape index (κ3) is 5.06. The number of nitrogens with zero attached hydrogens (tertiary/aromatic N) is 2. The molecule has 0 unspecified atom stereocenters. The van der Waals surface area contributed by atoms with Gasteiger partial charge in [-0.2, -0.15) is 4.99 Å². The van der Waals surface area contributed by atoms with Crippen LogP contribution in [0.15, 0.2) is 27.7 Å². The Morgan fingerprint density at radius 1 is 1.36 bits per heavy atom. The van der Waals surface area contributed by atoms with E-state index in [0.717, 1.165) is 21.6 Å². The third-order valence-electron chi connectivity index (χ3n) is 3.28. The zero-order chi connectivity index (χ0) is 18.6. The number of thiazole rings is 1. The molecule has 2 rings (SSSR count). The van der Waals surface area contributed by atoms with E-state index in [9.17, 15) is 18.0 Å². The minimum Gasteiger partial charge on any atom is -0.380 e. The third-order valence-corrected chi connectivity index (χ3v) is 6.32. The first-order valence-electron chi connectivity index (χ1n) is 7.42. The van der Waals surface area contributed by atoms with Crippen LogP contribution >= 0.6 is 27.3 Å². The minimum atomic E-state index is -4.11. The average Bonchev–Trinajstić information content (AvgIpc) is 2.83. The first-order chi connectivity index (χ1) is 11.7. The van der Waals surface area contributed by atoms with Crippen LogP contribution in [0.3, 0.4) is 0 Å². The van der Waals surface area contributed by atoms with Crippen molar-refractivity contribution in [2.45, 2.75) is 20.4 Å². The fourth-order valence-corrected chi connectivity index (χ4v) is 4.27. The molecule has 1 heterocycles. The summed E-state index contributed by atoms with van der Waals surface area (Å²) in [7, 11) is -4.11. The van der Waals surface area contributed by atoms with Crippen LogP contribution in [0.1, 0.15) is 13.8 Å². The molecule has 1 aromatic heterocycles. The van der Waals surface area contributed by atoms with E-state index in [2.05, 4.69) is 20.9 Å². The lowest BCUT2D eigenvalue weighted by molar-refractivity contribution is -0.116. The molecule has 0 radical (unpaired) electrons. The number of rotatable bonds is 6. The summed E-state index contributed by atoms with van der Waals surface area (Å²) in [4.78, 5) is 27.4. The van der Waals surface area contributed by atoms with Crippen LogP contribution in [-0.2, 0) is 30.7 Å². The van der Waals surface area contributed by atoms with Gasteiger partial charge >= 0.3 is 0 Å². The highest BCUT2D eigenvalue weighted by atomic mass is 79.9. The van der Waals surface area contributed by atoms with Crippen molar-refractivity contribution in [3.05, 3.63) is 27.5 Å². The van der Waals surface area contributed by atoms with E-state index in [1.165, 1.54) is 11.3 Å². The van der Waals surface area contributed by atoms with Gasteiger partial charge in [0.15, 0.2) is 4.80 Å². The predicted molar refractivity (Wildman–Crippen MR) is 99.0 cm³/mol. The molecular weight excluding hydrogens is 432 g/mol. The van der Waals surface area contributed by atoms with Gasteiger partial charge in [0, 0.05) is 24.5 Å². The molecular formula is C15H17BrN2O5S2. The zero-order valence-electron chi connectivity index (χ0n) is 13.7. The number of fused-ring (bicyclic) bond motifs is 1. The molecule has 0 atom stereocenters. The molecule has 0 saturated heterocycles. The average molecular weight is 449 g/mol. The maximum atomic E-state index is 12.0. The number of hydrogen-bond acceptors (Lipinski definition) is 6. The van der Waals surface area contributed by atoms with E-state index in [4.69, 9.17) is 4.74 Å². The summed E-state index contributed by atoms with van der Waals surface area (Å²) in [5.74, 6) is -1.79. The van der Waals surface area contributed by atoms with Crippen LogP contribution in [0.5, 0.6) is 0 Å². The fourth-order valence-electron chi connectivity index (χ4n) is 2.05. The summed E-state index contributed by atoms with van der Waals surface area (Å²) < 4.78 is 32.1. The summed E-state index contributed by atoms with van der Waals surface area (Å²) in [6, 6.07) is 5.66. The van der Waals surface area contributed by atoms with Crippen LogP contribution in [0.2, 0.25) is 0 Å². The van der Waals surface area contributed by atoms with Gasteiger partial charge in [-0.05, 0) is 25.1 Å². The van der Waals surface area contributed by atoms with Gasteiger partial charge in [0.25, 0.3) is 5.91 Å². The number of halogens is 1. The Balaban J connectivity index is 2.46. The normalized spacial score (nSPS) is 12.7. The Labute approximate surface area is 157 Å². The highest BCUT2D eigenvalue weighted by Crippen LogP contribution is 2.22. The molecule has 1 aromatic carbocycles. The number of ether oxygens (including phenoxy) is 1. The Morgan fingerprint density at radius 2 is 2.08 bits per heavy atom. The lowest BCUT2D eigenvalue weighted by Gasteiger charge is -2.05. The standard InChI is InChI=1S/C15H17BrN2O5S2/c1-3-23-7-6-18-12-5-4-11(16)8-13(12)24-15(18)17-14(20)9-25(21,22)10(2)19/h4-5,8H,3,6-7,9H2,1-2H3. The van der Waals surface area contributed by atoms with Crippen molar-refractivity contribution in [3.63, 3.8) is 0 Å². The molecule has 0 spiro atoms. The number of amides is 1. The van der Waals surface area contributed by atoms with Crippen molar-refractivity contribution in [2.24, 2.45) is 4.99 Å². The maximum absolute atomic E-state index is 12.0. The topological polar surface area (TPSA) is 94.8 Å². The van der Waals surface area contributed by atoms with Gasteiger partial charge in [0.2, 0.25) is 15.0 Å². The summed E-state index contributed by atoms with van der Waals surface area (Å²) in [6.07, 6.45) is 0. The van der Waals surface area contributed by atoms with E-state index in [-0.39, 0.29) is 0 Å². The molecule has 2 aromatic rings. The van der Waals surface area contributed by atoms with E-state index in [1.54, 1.807) is 4.57 Å². The van der Waals surface area contributed by atoms with E-state index in [1.807, 2.05) is 25.1 Å². The Bertz CT molecular complexity index is 975. The fraction of sp³-hybridized carbons (Fsp3) is 0.400. The van der Waals surface area contributed by atoms with Crippen molar-refractivity contribution in [1.82, 2.24) is 4.57 Å².